The van der Waals surface area contributed by atoms with E-state index < -0.39 is 5.91 Å². The minimum absolute atomic E-state index is 0.0904. The van der Waals surface area contributed by atoms with Crippen molar-refractivity contribution in [3.63, 3.8) is 0 Å². The van der Waals surface area contributed by atoms with E-state index in [-0.39, 0.29) is 23.6 Å². The molecule has 0 atom stereocenters. The number of aryl methyl sites for hydroxylation is 1. The molecule has 28 heavy (non-hydrogen) atoms. The van der Waals surface area contributed by atoms with Gasteiger partial charge >= 0.3 is 0 Å². The number of hydrogen-bond acceptors (Lipinski definition) is 4. The molecule has 0 radical (unpaired) electrons. The molecule has 0 fully saturated rings. The molecule has 3 aromatic rings. The molecule has 0 saturated carbocycles. The van der Waals surface area contributed by atoms with E-state index in [0.717, 1.165) is 10.0 Å². The Morgan fingerprint density at radius 3 is 2.39 bits per heavy atom. The van der Waals surface area contributed by atoms with Gasteiger partial charge in [0.1, 0.15) is 0 Å². The van der Waals surface area contributed by atoms with Gasteiger partial charge in [-0.25, -0.2) is 4.68 Å². The molecule has 144 valence electrons. The zero-order chi connectivity index (χ0) is 20.1. The van der Waals surface area contributed by atoms with Crippen LogP contribution in [0.15, 0.2) is 57.8 Å². The van der Waals surface area contributed by atoms with Crippen LogP contribution in [0.5, 0.6) is 0 Å². The van der Waals surface area contributed by atoms with Gasteiger partial charge in [0.2, 0.25) is 5.91 Å². The predicted octanol–water partition coefficient (Wildman–Crippen LogP) is 2.57. The summed E-state index contributed by atoms with van der Waals surface area (Å²) in [6, 6.07) is 14.1. The highest BCUT2D eigenvalue weighted by molar-refractivity contribution is 9.10. The number of hydrazine groups is 1. The first kappa shape index (κ1) is 19.8. The molecule has 2 amide bonds. The lowest BCUT2D eigenvalue weighted by Gasteiger charge is -2.11. The van der Waals surface area contributed by atoms with Gasteiger partial charge in [-0.1, -0.05) is 53.2 Å². The van der Waals surface area contributed by atoms with E-state index in [1.807, 2.05) is 31.2 Å². The molecular weight excluding hydrogens is 424 g/mol. The molecule has 2 aromatic carbocycles. The zero-order valence-electron chi connectivity index (χ0n) is 15.2. The third-order valence-electron chi connectivity index (χ3n) is 4.11. The minimum atomic E-state index is -0.579. The number of amides is 2. The van der Waals surface area contributed by atoms with Crippen molar-refractivity contribution in [2.75, 3.05) is 0 Å². The summed E-state index contributed by atoms with van der Waals surface area (Å²) in [5, 5.41) is 5.06. The summed E-state index contributed by atoms with van der Waals surface area (Å²) in [4.78, 5) is 37.2. The highest BCUT2D eigenvalue weighted by Gasteiger charge is 2.17. The third-order valence-corrected chi connectivity index (χ3v) is 4.64. The van der Waals surface area contributed by atoms with Crippen molar-refractivity contribution in [1.29, 1.82) is 0 Å². The van der Waals surface area contributed by atoms with Gasteiger partial charge in [-0.3, -0.25) is 25.2 Å². The van der Waals surface area contributed by atoms with Gasteiger partial charge in [0.15, 0.2) is 5.69 Å². The molecule has 3 rings (SSSR count). The quantitative estimate of drug-likeness (QED) is 0.593. The van der Waals surface area contributed by atoms with Crippen LogP contribution < -0.4 is 16.4 Å². The van der Waals surface area contributed by atoms with E-state index in [4.69, 9.17) is 0 Å². The second-order valence-electron chi connectivity index (χ2n) is 6.23. The second-order valence-corrected chi connectivity index (χ2v) is 7.14. The maximum absolute atomic E-state index is 12.6. The molecule has 7 nitrogen and oxygen atoms in total. The molecule has 0 aliphatic heterocycles. The fraction of sp³-hybridized carbons (Fsp3) is 0.200. The van der Waals surface area contributed by atoms with Gasteiger partial charge in [0, 0.05) is 16.4 Å². The van der Waals surface area contributed by atoms with E-state index in [9.17, 15) is 14.4 Å². The van der Waals surface area contributed by atoms with Crippen molar-refractivity contribution < 1.29 is 9.59 Å². The van der Waals surface area contributed by atoms with Crippen LogP contribution in [0, 0.1) is 0 Å². The lowest BCUT2D eigenvalue weighted by Crippen LogP contribution is -2.43. The monoisotopic (exact) mass is 442 g/mol. The Labute approximate surface area is 169 Å². The van der Waals surface area contributed by atoms with Crippen LogP contribution in [0.1, 0.15) is 29.4 Å². The molecule has 0 unspecified atom stereocenters. The second kappa shape index (κ2) is 8.79. The fourth-order valence-corrected chi connectivity index (χ4v) is 3.05. The molecule has 0 aliphatic carbocycles. The number of halogens is 1. The van der Waals surface area contributed by atoms with Crippen molar-refractivity contribution >= 4 is 38.5 Å². The van der Waals surface area contributed by atoms with Gasteiger partial charge in [0.25, 0.3) is 11.5 Å². The van der Waals surface area contributed by atoms with Crippen molar-refractivity contribution in [3.8, 4) is 0 Å². The van der Waals surface area contributed by atoms with Gasteiger partial charge in [-0.15, -0.1) is 0 Å². The Bertz CT molecular complexity index is 1080. The van der Waals surface area contributed by atoms with Crippen molar-refractivity contribution in [1.82, 2.24) is 20.6 Å². The van der Waals surface area contributed by atoms with Crippen LogP contribution in [0.25, 0.3) is 10.8 Å². The van der Waals surface area contributed by atoms with Crippen molar-refractivity contribution in [3.05, 3.63) is 74.6 Å². The fourth-order valence-electron chi connectivity index (χ4n) is 2.78. The van der Waals surface area contributed by atoms with Gasteiger partial charge in [-0.05, 0) is 30.2 Å². The maximum atomic E-state index is 12.6. The van der Waals surface area contributed by atoms with Crippen molar-refractivity contribution in [2.45, 2.75) is 26.3 Å². The Kier molecular flexibility index (Phi) is 6.20. The summed E-state index contributed by atoms with van der Waals surface area (Å²) in [5.74, 6) is -0.938. The normalized spacial score (nSPS) is 10.6. The number of nitrogens with zero attached hydrogens (tertiary/aromatic N) is 2. The summed E-state index contributed by atoms with van der Waals surface area (Å²) in [6.07, 6.45) is 0.827. The molecule has 2 N–H and O–H groups in total. The first-order chi connectivity index (χ1) is 13.5. The van der Waals surface area contributed by atoms with Crippen LogP contribution in [0.2, 0.25) is 0 Å². The van der Waals surface area contributed by atoms with Gasteiger partial charge in [0.05, 0.1) is 11.8 Å². The molecule has 0 spiro atoms. The number of benzene rings is 2. The molecule has 8 heteroatoms. The molecule has 1 aromatic heterocycles. The number of rotatable bonds is 5. The summed E-state index contributed by atoms with van der Waals surface area (Å²) < 4.78 is 2.20. The highest BCUT2D eigenvalue weighted by Crippen LogP contribution is 2.13. The Morgan fingerprint density at radius 1 is 1.04 bits per heavy atom. The Balaban J connectivity index is 1.77. The highest BCUT2D eigenvalue weighted by atomic mass is 79.9. The van der Waals surface area contributed by atoms with Crippen LogP contribution in [0.4, 0.5) is 0 Å². The third kappa shape index (κ3) is 4.45. The van der Waals surface area contributed by atoms with Crippen LogP contribution in [0.3, 0.4) is 0 Å². The average Bonchev–Trinajstić information content (AvgIpc) is 2.70. The largest absolute Gasteiger partial charge is 0.290 e. The minimum Gasteiger partial charge on any atom is -0.273 e. The van der Waals surface area contributed by atoms with E-state index in [1.165, 1.54) is 4.68 Å². The van der Waals surface area contributed by atoms with Gasteiger partial charge in [-0.2, -0.15) is 5.10 Å². The average molecular weight is 443 g/mol. The number of hydrogen-bond donors (Lipinski definition) is 2. The Hall–Kier alpha value is -3.00. The number of nitrogens with one attached hydrogen (secondary N) is 2. The number of aromatic nitrogens is 2. The first-order valence-electron chi connectivity index (χ1n) is 8.83. The standard InChI is InChI=1S/C20H19BrN4O3/c1-2-11-25-20(28)16-6-4-3-5-15(16)18(24-25)19(27)23-22-17(26)12-13-7-9-14(21)10-8-13/h3-10H,2,11-12H2,1H3,(H,22,26)(H,23,27). The van der Waals surface area contributed by atoms with Crippen molar-refractivity contribution in [2.24, 2.45) is 0 Å². The summed E-state index contributed by atoms with van der Waals surface area (Å²) in [6.45, 7) is 2.32. The molecule has 0 aliphatic rings. The number of carbonyl (C=O) groups is 2. The summed E-state index contributed by atoms with van der Waals surface area (Å²) in [7, 11) is 0. The number of carbonyl (C=O) groups excluding carboxylic acids is 2. The maximum Gasteiger partial charge on any atom is 0.290 e. The number of fused-ring (bicyclic) bond motifs is 1. The zero-order valence-corrected chi connectivity index (χ0v) is 16.8. The van der Waals surface area contributed by atoms with E-state index in [0.29, 0.717) is 23.7 Å². The summed E-state index contributed by atoms with van der Waals surface area (Å²) >= 11 is 3.34. The van der Waals surface area contributed by atoms with E-state index >= 15 is 0 Å². The molecule has 0 bridgehead atoms. The van der Waals surface area contributed by atoms with E-state index in [1.54, 1.807) is 24.3 Å². The van der Waals surface area contributed by atoms with Crippen LogP contribution in [-0.2, 0) is 17.8 Å². The first-order valence-corrected chi connectivity index (χ1v) is 9.62. The predicted molar refractivity (Wildman–Crippen MR) is 110 cm³/mol. The van der Waals surface area contributed by atoms with Crippen LogP contribution >= 0.6 is 15.9 Å². The SMILES string of the molecule is CCCn1nc(C(=O)NNC(=O)Cc2ccc(Br)cc2)c2ccccc2c1=O. The van der Waals surface area contributed by atoms with E-state index in [2.05, 4.69) is 31.9 Å². The topological polar surface area (TPSA) is 93.1 Å². The summed E-state index contributed by atoms with van der Waals surface area (Å²) in [5.41, 5.74) is 5.45. The smallest absolute Gasteiger partial charge is 0.273 e. The van der Waals surface area contributed by atoms with Crippen LogP contribution in [-0.4, -0.2) is 21.6 Å². The lowest BCUT2D eigenvalue weighted by atomic mass is 10.1. The molecule has 0 saturated heterocycles. The lowest BCUT2D eigenvalue weighted by molar-refractivity contribution is -0.121. The Morgan fingerprint density at radius 2 is 1.71 bits per heavy atom. The molecular formula is C20H19BrN4O3. The molecule has 1 heterocycles. The van der Waals surface area contributed by atoms with Gasteiger partial charge < -0.3 is 0 Å².